The van der Waals surface area contributed by atoms with Crippen molar-refractivity contribution in [3.63, 3.8) is 0 Å². The van der Waals surface area contributed by atoms with E-state index < -0.39 is 0 Å². The predicted octanol–water partition coefficient (Wildman–Crippen LogP) is 4.32. The lowest BCUT2D eigenvalue weighted by atomic mass is 9.42. The van der Waals surface area contributed by atoms with Gasteiger partial charge in [0.25, 0.3) is 0 Å². The second kappa shape index (κ2) is 7.29. The second-order valence-corrected chi connectivity index (χ2v) is 11.4. The molecule has 0 aromatic heterocycles. The molecule has 4 fully saturated rings. The predicted molar refractivity (Wildman–Crippen MR) is 112 cm³/mol. The Hall–Kier alpha value is -0.120. The maximum Gasteiger partial charge on any atom is 0.0431 e. The molecular weight excluding hydrogens is 332 g/mol. The topological polar surface area (TPSA) is 72.3 Å². The quantitative estimate of drug-likeness (QED) is 0.684. The third-order valence-corrected chi connectivity index (χ3v) is 10.5. The zero-order valence-electron chi connectivity index (χ0n) is 18.0. The molecule has 4 saturated carbocycles. The monoisotopic (exact) mass is 376 g/mol. The van der Waals surface area contributed by atoms with E-state index in [0.717, 1.165) is 24.7 Å². The molecule has 0 radical (unpaired) electrons. The van der Waals surface area contributed by atoms with E-state index in [4.69, 9.17) is 11.5 Å². The Labute approximate surface area is 167 Å². The molecule has 156 valence electrons. The van der Waals surface area contributed by atoms with E-state index >= 15 is 0 Å². The van der Waals surface area contributed by atoms with Crippen molar-refractivity contribution in [1.29, 1.82) is 0 Å². The van der Waals surface area contributed by atoms with Gasteiger partial charge in [0, 0.05) is 18.7 Å². The van der Waals surface area contributed by atoms with Crippen molar-refractivity contribution in [1.82, 2.24) is 0 Å². The summed E-state index contributed by atoms with van der Waals surface area (Å²) in [5.41, 5.74) is 14.7. The van der Waals surface area contributed by atoms with Gasteiger partial charge < -0.3 is 16.6 Å². The van der Waals surface area contributed by atoms with Crippen LogP contribution >= 0.6 is 0 Å². The average Bonchev–Trinajstić information content (AvgIpc) is 3.00. The van der Waals surface area contributed by atoms with E-state index in [-0.39, 0.29) is 5.41 Å². The molecule has 0 aliphatic heterocycles. The van der Waals surface area contributed by atoms with Gasteiger partial charge in [0.05, 0.1) is 0 Å². The van der Waals surface area contributed by atoms with Crippen molar-refractivity contribution in [3.8, 4) is 0 Å². The minimum atomic E-state index is 0.242. The SMILES string of the molecule is CC(CCCO)C1CC[C@H]2C3[C@H](N)CC4CCCC[C@]4(C)[C@H]3C[C@H](N)[C@]12C. The minimum Gasteiger partial charge on any atom is -0.396 e. The molecule has 4 aliphatic carbocycles. The van der Waals surface area contributed by atoms with E-state index in [2.05, 4.69) is 20.8 Å². The van der Waals surface area contributed by atoms with Crippen LogP contribution in [-0.4, -0.2) is 23.8 Å². The number of aliphatic hydroxyl groups is 1. The second-order valence-electron chi connectivity index (χ2n) is 11.4. The summed E-state index contributed by atoms with van der Waals surface area (Å²) in [6, 6.07) is 0.701. The standard InChI is InChI=1S/C24H44N2O/c1-15(7-6-12-27)17-9-10-18-22-19(14-21(26)24(17,18)3)23(2)11-5-4-8-16(23)13-20(22)25/h15-22,27H,4-14,25-26H2,1-3H3/t15?,16?,17?,18-,19-,20+,21-,22?,23-,24+/m0/s1. The van der Waals surface area contributed by atoms with Crippen LogP contribution in [0.3, 0.4) is 0 Å². The Morgan fingerprint density at radius 2 is 1.81 bits per heavy atom. The zero-order chi connectivity index (χ0) is 19.4. The van der Waals surface area contributed by atoms with E-state index in [9.17, 15) is 5.11 Å². The van der Waals surface area contributed by atoms with Crippen molar-refractivity contribution in [3.05, 3.63) is 0 Å². The van der Waals surface area contributed by atoms with Crippen LogP contribution in [-0.2, 0) is 0 Å². The lowest BCUT2D eigenvalue weighted by molar-refractivity contribution is -0.131. The van der Waals surface area contributed by atoms with Gasteiger partial charge in [-0.25, -0.2) is 0 Å². The van der Waals surface area contributed by atoms with Gasteiger partial charge in [-0.15, -0.1) is 0 Å². The lowest BCUT2D eigenvalue weighted by Crippen LogP contribution is -2.65. The first-order chi connectivity index (χ1) is 12.8. The Morgan fingerprint density at radius 1 is 1.04 bits per heavy atom. The van der Waals surface area contributed by atoms with Crippen molar-refractivity contribution in [2.45, 2.75) is 97.1 Å². The number of hydrogen-bond donors (Lipinski definition) is 3. The summed E-state index contributed by atoms with van der Waals surface area (Å²) in [7, 11) is 0. The van der Waals surface area contributed by atoms with Gasteiger partial charge in [0.1, 0.15) is 0 Å². The third kappa shape index (κ3) is 2.94. The number of fused-ring (bicyclic) bond motifs is 5. The van der Waals surface area contributed by atoms with Crippen LogP contribution in [0, 0.1) is 46.3 Å². The van der Waals surface area contributed by atoms with Gasteiger partial charge in [-0.05, 0) is 97.7 Å². The molecule has 0 aromatic carbocycles. The summed E-state index contributed by atoms with van der Waals surface area (Å²) in [6.45, 7) is 7.85. The molecule has 3 heteroatoms. The fourth-order valence-electron chi connectivity index (χ4n) is 8.99. The molecule has 27 heavy (non-hydrogen) atoms. The van der Waals surface area contributed by atoms with Crippen LogP contribution in [0.2, 0.25) is 0 Å². The summed E-state index contributed by atoms with van der Waals surface area (Å²) in [5.74, 6) is 4.33. The molecule has 3 nitrogen and oxygen atoms in total. The highest BCUT2D eigenvalue weighted by molar-refractivity contribution is 5.15. The van der Waals surface area contributed by atoms with Gasteiger partial charge in [0.15, 0.2) is 0 Å². The van der Waals surface area contributed by atoms with Gasteiger partial charge in [-0.2, -0.15) is 0 Å². The van der Waals surface area contributed by atoms with Crippen LogP contribution in [0.5, 0.6) is 0 Å². The molecule has 0 heterocycles. The van der Waals surface area contributed by atoms with Gasteiger partial charge in [-0.1, -0.05) is 33.6 Å². The normalized spacial score (nSPS) is 53.3. The smallest absolute Gasteiger partial charge is 0.0431 e. The van der Waals surface area contributed by atoms with Crippen LogP contribution in [0.1, 0.15) is 85.0 Å². The highest BCUT2D eigenvalue weighted by atomic mass is 16.2. The number of hydrogen-bond acceptors (Lipinski definition) is 3. The molecule has 10 atom stereocenters. The van der Waals surface area contributed by atoms with Crippen LogP contribution in [0.25, 0.3) is 0 Å². The van der Waals surface area contributed by atoms with E-state index in [1.165, 1.54) is 51.4 Å². The maximum absolute atomic E-state index is 9.29. The highest BCUT2D eigenvalue weighted by Crippen LogP contribution is 2.67. The Morgan fingerprint density at radius 3 is 2.56 bits per heavy atom. The van der Waals surface area contributed by atoms with Crippen LogP contribution in [0.4, 0.5) is 0 Å². The van der Waals surface area contributed by atoms with Gasteiger partial charge in [-0.3, -0.25) is 0 Å². The summed E-state index contributed by atoms with van der Waals surface area (Å²) in [6.07, 6.45) is 12.8. The third-order valence-electron chi connectivity index (χ3n) is 10.5. The molecule has 0 amide bonds. The van der Waals surface area contributed by atoms with Crippen molar-refractivity contribution < 1.29 is 5.11 Å². The van der Waals surface area contributed by atoms with E-state index in [1.807, 2.05) is 0 Å². The molecule has 4 unspecified atom stereocenters. The minimum absolute atomic E-state index is 0.242. The van der Waals surface area contributed by atoms with Crippen molar-refractivity contribution in [2.24, 2.45) is 57.8 Å². The molecule has 0 aromatic rings. The van der Waals surface area contributed by atoms with Crippen molar-refractivity contribution >= 4 is 0 Å². The lowest BCUT2D eigenvalue weighted by Gasteiger charge is -2.64. The van der Waals surface area contributed by atoms with Gasteiger partial charge in [0.2, 0.25) is 0 Å². The highest BCUT2D eigenvalue weighted by Gasteiger charge is 2.64. The average molecular weight is 377 g/mol. The fraction of sp³-hybridized carbons (Fsp3) is 1.00. The number of aliphatic hydroxyl groups excluding tert-OH is 1. The van der Waals surface area contributed by atoms with Crippen LogP contribution in [0.15, 0.2) is 0 Å². The Balaban J connectivity index is 1.63. The molecule has 0 saturated heterocycles. The largest absolute Gasteiger partial charge is 0.396 e. The first kappa shape index (κ1) is 20.2. The maximum atomic E-state index is 9.29. The first-order valence-corrected chi connectivity index (χ1v) is 12.0. The summed E-state index contributed by atoms with van der Waals surface area (Å²) >= 11 is 0. The molecule has 4 aliphatic rings. The first-order valence-electron chi connectivity index (χ1n) is 12.0. The Bertz CT molecular complexity index is 538. The van der Waals surface area contributed by atoms with E-state index in [1.54, 1.807) is 0 Å². The van der Waals surface area contributed by atoms with Crippen molar-refractivity contribution in [2.75, 3.05) is 6.61 Å². The molecule has 0 spiro atoms. The summed E-state index contributed by atoms with van der Waals surface area (Å²) in [4.78, 5) is 0. The summed E-state index contributed by atoms with van der Waals surface area (Å²) < 4.78 is 0. The fourth-order valence-corrected chi connectivity index (χ4v) is 8.99. The molecule has 5 N–H and O–H groups in total. The van der Waals surface area contributed by atoms with Gasteiger partial charge >= 0.3 is 0 Å². The Kier molecular flexibility index (Phi) is 5.44. The van der Waals surface area contributed by atoms with Crippen LogP contribution < -0.4 is 11.5 Å². The summed E-state index contributed by atoms with van der Waals surface area (Å²) in [5, 5.41) is 9.29. The number of rotatable bonds is 4. The number of nitrogens with two attached hydrogens (primary N) is 2. The zero-order valence-corrected chi connectivity index (χ0v) is 18.0. The molecule has 0 bridgehead atoms. The van der Waals surface area contributed by atoms with E-state index in [0.29, 0.717) is 47.8 Å². The molecular formula is C24H44N2O. The molecule has 4 rings (SSSR count).